The van der Waals surface area contributed by atoms with Crippen molar-refractivity contribution in [3.8, 4) is 11.8 Å². The first-order chi connectivity index (χ1) is 19.2. The highest BCUT2D eigenvalue weighted by Crippen LogP contribution is 2.30. The van der Waals surface area contributed by atoms with Crippen molar-refractivity contribution in [2.24, 2.45) is 5.92 Å². The molecule has 2 aromatic rings. The molecule has 0 bridgehead atoms. The number of aromatic amines is 1. The van der Waals surface area contributed by atoms with Crippen molar-refractivity contribution in [1.82, 2.24) is 15.2 Å². The van der Waals surface area contributed by atoms with Crippen LogP contribution in [0.2, 0.25) is 0 Å². The number of hydrogen-bond donors (Lipinski definition) is 3. The van der Waals surface area contributed by atoms with Crippen LogP contribution in [0.5, 0.6) is 0 Å². The van der Waals surface area contributed by atoms with Gasteiger partial charge in [-0.05, 0) is 82.7 Å². The summed E-state index contributed by atoms with van der Waals surface area (Å²) in [5.41, 5.74) is 5.11. The van der Waals surface area contributed by atoms with Crippen LogP contribution in [0.4, 0.5) is 10.5 Å². The highest BCUT2D eigenvalue weighted by molar-refractivity contribution is 5.97. The van der Waals surface area contributed by atoms with Crippen LogP contribution in [0.15, 0.2) is 23.0 Å². The van der Waals surface area contributed by atoms with Crippen molar-refractivity contribution < 1.29 is 19.4 Å². The van der Waals surface area contributed by atoms with Gasteiger partial charge in [0.25, 0.3) is 11.5 Å². The monoisotopic (exact) mass is 548 g/mol. The van der Waals surface area contributed by atoms with Crippen LogP contribution in [0, 0.1) is 38.5 Å². The van der Waals surface area contributed by atoms with Gasteiger partial charge < -0.3 is 29.9 Å². The second-order valence-corrected chi connectivity index (χ2v) is 10.7. The Kier molecular flexibility index (Phi) is 9.54. The summed E-state index contributed by atoms with van der Waals surface area (Å²) in [6.07, 6.45) is 2.34. The number of H-pyrrole nitrogens is 1. The van der Waals surface area contributed by atoms with E-state index >= 15 is 0 Å². The molecule has 2 amide bonds. The average Bonchev–Trinajstić information content (AvgIpc) is 2.93. The molecule has 9 nitrogen and oxygen atoms in total. The molecule has 0 radical (unpaired) electrons. The Morgan fingerprint density at radius 3 is 2.45 bits per heavy atom. The van der Waals surface area contributed by atoms with Gasteiger partial charge in [0.05, 0.1) is 0 Å². The number of rotatable bonds is 6. The molecule has 1 aromatic heterocycles. The number of piperidine rings is 1. The number of hydrogen-bond acceptors (Lipinski definition) is 5. The van der Waals surface area contributed by atoms with Crippen LogP contribution in [0.1, 0.15) is 70.9 Å². The maximum Gasteiger partial charge on any atom is 0.407 e. The lowest BCUT2D eigenvalue weighted by Crippen LogP contribution is -2.40. The van der Waals surface area contributed by atoms with E-state index < -0.39 is 6.09 Å². The zero-order chi connectivity index (χ0) is 28.8. The molecule has 2 fully saturated rings. The molecule has 214 valence electrons. The lowest BCUT2D eigenvalue weighted by atomic mass is 9.95. The molecule has 2 aliphatic rings. The molecule has 4 rings (SSSR count). The van der Waals surface area contributed by atoms with Gasteiger partial charge in [0.1, 0.15) is 0 Å². The number of nitrogens with zero attached hydrogens (tertiary/aromatic N) is 2. The zero-order valence-corrected chi connectivity index (χ0v) is 23.9. The Balaban J connectivity index is 1.64. The van der Waals surface area contributed by atoms with E-state index in [-0.39, 0.29) is 23.9 Å². The third kappa shape index (κ3) is 6.86. The molecule has 40 heavy (non-hydrogen) atoms. The number of pyridine rings is 1. The van der Waals surface area contributed by atoms with Crippen molar-refractivity contribution in [1.29, 1.82) is 0 Å². The van der Waals surface area contributed by atoms with Crippen molar-refractivity contribution in [2.45, 2.75) is 66.0 Å². The number of aryl methyl sites for hydroxylation is 2. The number of likely N-dealkylation sites (tertiary alicyclic amines) is 1. The summed E-state index contributed by atoms with van der Waals surface area (Å²) in [6, 6.07) is 6.11. The zero-order valence-electron chi connectivity index (χ0n) is 23.9. The van der Waals surface area contributed by atoms with Gasteiger partial charge in [0.15, 0.2) is 0 Å². The molecule has 0 unspecified atom stereocenters. The Bertz CT molecular complexity index is 1360. The number of nitrogens with one attached hydrogen (secondary N) is 2. The van der Waals surface area contributed by atoms with Crippen LogP contribution in [0.3, 0.4) is 0 Å². The molecule has 2 aliphatic heterocycles. The van der Waals surface area contributed by atoms with Crippen LogP contribution < -0.4 is 15.8 Å². The number of aromatic nitrogens is 1. The van der Waals surface area contributed by atoms with Gasteiger partial charge in [0.2, 0.25) is 0 Å². The molecule has 1 aromatic carbocycles. The number of carbonyl (C=O) groups is 2. The van der Waals surface area contributed by atoms with Crippen molar-refractivity contribution in [3.05, 3.63) is 62.1 Å². The second-order valence-electron chi connectivity index (χ2n) is 10.7. The predicted octanol–water partition coefficient (Wildman–Crippen LogP) is 3.98. The lowest BCUT2D eigenvalue weighted by Gasteiger charge is -2.36. The molecular weight excluding hydrogens is 508 g/mol. The molecule has 0 saturated carbocycles. The van der Waals surface area contributed by atoms with Gasteiger partial charge in [-0.15, -0.1) is 0 Å². The summed E-state index contributed by atoms with van der Waals surface area (Å²) in [7, 11) is 0. The number of benzene rings is 1. The summed E-state index contributed by atoms with van der Waals surface area (Å²) < 4.78 is 5.59. The predicted molar refractivity (Wildman–Crippen MR) is 155 cm³/mol. The average molecular weight is 549 g/mol. The SMILES string of the molecule is CCN(c1cc(C#CC2CCN(C(=O)O)CC2)cc(C(=O)NCc2c(C)cc(C)[nH]c2=O)c1C)C1CCOCC1. The van der Waals surface area contributed by atoms with E-state index in [4.69, 9.17) is 4.74 Å². The fourth-order valence-electron chi connectivity index (χ4n) is 5.69. The molecule has 0 spiro atoms. The minimum absolute atomic E-state index is 0.103. The standard InChI is InChI=1S/C31H40N4O5/c1-5-35(25-10-14-40-15-11-25)28-18-24(7-6-23-8-12-34(13-9-23)31(38)39)17-26(22(28)4)29(36)32-19-27-20(2)16-21(3)33-30(27)37/h16-18,23,25H,5,8-15,19H2,1-4H3,(H,32,36)(H,33,37)(H,38,39). The Hall–Kier alpha value is -3.77. The largest absolute Gasteiger partial charge is 0.465 e. The smallest absolute Gasteiger partial charge is 0.407 e. The molecular formula is C31H40N4O5. The number of ether oxygens (including phenoxy) is 1. The van der Waals surface area contributed by atoms with Crippen LogP contribution in [-0.4, -0.2) is 65.9 Å². The number of carbonyl (C=O) groups excluding carboxylic acids is 1. The van der Waals surface area contributed by atoms with Crippen LogP contribution in [0.25, 0.3) is 0 Å². The molecule has 3 N–H and O–H groups in total. The summed E-state index contributed by atoms with van der Waals surface area (Å²) in [5.74, 6) is 6.49. The van der Waals surface area contributed by atoms with Gasteiger partial charge in [-0.1, -0.05) is 11.8 Å². The Labute approximate surface area is 235 Å². The quantitative estimate of drug-likeness (QED) is 0.471. The van der Waals surface area contributed by atoms with Gasteiger partial charge in [-0.25, -0.2) is 4.79 Å². The molecule has 3 heterocycles. The molecule has 0 atom stereocenters. The number of anilines is 1. The van der Waals surface area contributed by atoms with E-state index in [1.807, 2.05) is 32.9 Å². The minimum atomic E-state index is -0.888. The summed E-state index contributed by atoms with van der Waals surface area (Å²) in [5, 5.41) is 12.2. The fourth-order valence-corrected chi connectivity index (χ4v) is 5.69. The van der Waals surface area contributed by atoms with Crippen molar-refractivity contribution >= 4 is 17.7 Å². The van der Waals surface area contributed by atoms with Crippen molar-refractivity contribution in [3.63, 3.8) is 0 Å². The van der Waals surface area contributed by atoms with E-state index in [9.17, 15) is 19.5 Å². The molecule has 9 heteroatoms. The highest BCUT2D eigenvalue weighted by atomic mass is 16.5. The first-order valence-corrected chi connectivity index (χ1v) is 14.1. The Morgan fingerprint density at radius 2 is 1.82 bits per heavy atom. The van der Waals surface area contributed by atoms with Gasteiger partial charge in [-0.2, -0.15) is 0 Å². The van der Waals surface area contributed by atoms with E-state index in [2.05, 4.69) is 40.0 Å². The molecule has 2 saturated heterocycles. The summed E-state index contributed by atoms with van der Waals surface area (Å²) in [6.45, 7) is 11.1. The number of amides is 2. The maximum atomic E-state index is 13.6. The van der Waals surface area contributed by atoms with Crippen LogP contribution >= 0.6 is 0 Å². The van der Waals surface area contributed by atoms with Gasteiger partial charge in [0, 0.05) is 79.4 Å². The highest BCUT2D eigenvalue weighted by Gasteiger charge is 2.25. The first kappa shape index (κ1) is 29.2. The maximum absolute atomic E-state index is 13.6. The second kappa shape index (κ2) is 13.1. The third-order valence-electron chi connectivity index (χ3n) is 8.01. The third-order valence-corrected chi connectivity index (χ3v) is 8.01. The van der Waals surface area contributed by atoms with Gasteiger partial charge in [-0.3, -0.25) is 9.59 Å². The van der Waals surface area contributed by atoms with E-state index in [1.54, 1.807) is 0 Å². The minimum Gasteiger partial charge on any atom is -0.465 e. The normalized spacial score (nSPS) is 16.2. The van der Waals surface area contributed by atoms with E-state index in [0.717, 1.165) is 47.5 Å². The Morgan fingerprint density at radius 1 is 1.12 bits per heavy atom. The van der Waals surface area contributed by atoms with Gasteiger partial charge >= 0.3 is 6.09 Å². The first-order valence-electron chi connectivity index (χ1n) is 14.1. The molecule has 0 aliphatic carbocycles. The van der Waals surface area contributed by atoms with Crippen molar-refractivity contribution in [2.75, 3.05) is 37.7 Å². The lowest BCUT2D eigenvalue weighted by molar-refractivity contribution is 0.0845. The fraction of sp³-hybridized carbons (Fsp3) is 0.516. The summed E-state index contributed by atoms with van der Waals surface area (Å²) in [4.78, 5) is 43.9. The van der Waals surface area contributed by atoms with E-state index in [0.29, 0.717) is 56.3 Å². The summed E-state index contributed by atoms with van der Waals surface area (Å²) >= 11 is 0. The van der Waals surface area contributed by atoms with E-state index in [1.165, 1.54) is 4.90 Å². The topological polar surface area (TPSA) is 115 Å². The number of carboxylic acid groups (broad SMARTS) is 1. The van der Waals surface area contributed by atoms with Crippen LogP contribution in [-0.2, 0) is 11.3 Å².